The summed E-state index contributed by atoms with van der Waals surface area (Å²) >= 11 is 12.5. The van der Waals surface area contributed by atoms with Gasteiger partial charge in [-0.1, -0.05) is 54.4 Å². The molecule has 0 bridgehead atoms. The van der Waals surface area contributed by atoms with Crippen LogP contribution in [0.15, 0.2) is 42.5 Å². The fraction of sp³-hybridized carbons (Fsp3) is 0.167. The van der Waals surface area contributed by atoms with E-state index in [0.29, 0.717) is 33.5 Å². The van der Waals surface area contributed by atoms with Crippen LogP contribution in [-0.4, -0.2) is 25.6 Å². The number of aryl methyl sites for hydroxylation is 1. The molecular formula is C18H15Cl2N5O3. The van der Waals surface area contributed by atoms with Crippen molar-refractivity contribution >= 4 is 34.8 Å². The molecule has 0 saturated carbocycles. The summed E-state index contributed by atoms with van der Waals surface area (Å²) in [4.78, 5) is 27.3. The number of benzene rings is 2. The van der Waals surface area contributed by atoms with Gasteiger partial charge in [-0.3, -0.25) is 14.9 Å². The maximum Gasteiger partial charge on any atom is 0.291 e. The second kappa shape index (κ2) is 8.37. The van der Waals surface area contributed by atoms with Gasteiger partial charge in [0, 0.05) is 24.6 Å². The summed E-state index contributed by atoms with van der Waals surface area (Å²) in [5.41, 5.74) is 0.747. The van der Waals surface area contributed by atoms with Gasteiger partial charge >= 0.3 is 0 Å². The highest BCUT2D eigenvalue weighted by molar-refractivity contribution is 6.37. The molecule has 8 nitrogen and oxygen atoms in total. The molecule has 0 unspecified atom stereocenters. The third kappa shape index (κ3) is 3.97. The van der Waals surface area contributed by atoms with Crippen molar-refractivity contribution in [3.05, 3.63) is 79.8 Å². The second-order valence-corrected chi connectivity index (χ2v) is 6.57. The monoisotopic (exact) mass is 419 g/mol. The molecule has 0 fully saturated rings. The van der Waals surface area contributed by atoms with E-state index in [9.17, 15) is 14.9 Å². The van der Waals surface area contributed by atoms with Crippen LogP contribution in [0.4, 0.5) is 5.69 Å². The van der Waals surface area contributed by atoms with Crippen molar-refractivity contribution in [3.8, 4) is 5.69 Å². The number of carbonyl (C=O) groups excluding carboxylic acids is 1. The number of nitrogens with zero attached hydrogens (tertiary/aromatic N) is 4. The Bertz CT molecular complexity index is 1030. The zero-order valence-electron chi connectivity index (χ0n) is 14.7. The van der Waals surface area contributed by atoms with E-state index in [1.165, 1.54) is 10.7 Å². The number of halogens is 2. The van der Waals surface area contributed by atoms with Gasteiger partial charge in [0.15, 0.2) is 0 Å². The van der Waals surface area contributed by atoms with Gasteiger partial charge < -0.3 is 5.32 Å². The number of rotatable bonds is 6. The Morgan fingerprint density at radius 2 is 1.86 bits per heavy atom. The first-order valence-electron chi connectivity index (χ1n) is 8.33. The lowest BCUT2D eigenvalue weighted by molar-refractivity contribution is -0.385. The lowest BCUT2D eigenvalue weighted by Gasteiger charge is -2.08. The third-order valence-electron chi connectivity index (χ3n) is 3.97. The Morgan fingerprint density at radius 3 is 2.50 bits per heavy atom. The Hall–Kier alpha value is -2.97. The van der Waals surface area contributed by atoms with Crippen LogP contribution in [0.3, 0.4) is 0 Å². The van der Waals surface area contributed by atoms with Crippen LogP contribution in [0.2, 0.25) is 10.0 Å². The third-order valence-corrected chi connectivity index (χ3v) is 4.58. The van der Waals surface area contributed by atoms with Crippen LogP contribution in [-0.2, 0) is 13.0 Å². The first kappa shape index (κ1) is 19.8. The van der Waals surface area contributed by atoms with Crippen molar-refractivity contribution in [3.63, 3.8) is 0 Å². The molecule has 0 radical (unpaired) electrons. The number of carbonyl (C=O) groups is 1. The van der Waals surface area contributed by atoms with Gasteiger partial charge in [0.05, 0.1) is 15.0 Å². The van der Waals surface area contributed by atoms with Gasteiger partial charge in [0.1, 0.15) is 11.5 Å². The van der Waals surface area contributed by atoms with Crippen LogP contribution in [0, 0.1) is 10.1 Å². The molecule has 144 valence electrons. The van der Waals surface area contributed by atoms with Gasteiger partial charge in [-0.25, -0.2) is 9.67 Å². The molecule has 3 rings (SSSR count). The van der Waals surface area contributed by atoms with Crippen molar-refractivity contribution in [2.45, 2.75) is 19.9 Å². The maximum absolute atomic E-state index is 12.5. The molecule has 0 atom stereocenters. The number of nitrogens with one attached hydrogen (secondary N) is 1. The van der Waals surface area contributed by atoms with E-state index in [1.54, 1.807) is 36.4 Å². The summed E-state index contributed by atoms with van der Waals surface area (Å²) in [5.74, 6) is -0.132. The predicted molar refractivity (Wildman–Crippen MR) is 105 cm³/mol. The van der Waals surface area contributed by atoms with E-state index < -0.39 is 10.8 Å². The van der Waals surface area contributed by atoms with Crippen molar-refractivity contribution < 1.29 is 9.72 Å². The van der Waals surface area contributed by atoms with Gasteiger partial charge in [-0.05, 0) is 12.1 Å². The summed E-state index contributed by atoms with van der Waals surface area (Å²) in [5, 5.41) is 18.7. The van der Waals surface area contributed by atoms with Gasteiger partial charge in [0.25, 0.3) is 11.6 Å². The number of para-hydroxylation sites is 2. The largest absolute Gasteiger partial charge is 0.345 e. The van der Waals surface area contributed by atoms with Gasteiger partial charge in [-0.2, -0.15) is 0 Å². The minimum atomic E-state index is -0.560. The average Bonchev–Trinajstić information content (AvgIpc) is 3.10. The van der Waals surface area contributed by atoms with Crippen LogP contribution in [0.1, 0.15) is 28.9 Å². The first-order chi connectivity index (χ1) is 13.4. The van der Waals surface area contributed by atoms with Crippen LogP contribution < -0.4 is 5.32 Å². The molecular weight excluding hydrogens is 405 g/mol. The molecule has 10 heteroatoms. The average molecular weight is 420 g/mol. The molecule has 28 heavy (non-hydrogen) atoms. The second-order valence-electron chi connectivity index (χ2n) is 5.76. The summed E-state index contributed by atoms with van der Waals surface area (Å²) in [7, 11) is 0. The Morgan fingerprint density at radius 1 is 1.18 bits per heavy atom. The molecule has 1 aromatic heterocycles. The fourth-order valence-corrected chi connectivity index (χ4v) is 3.19. The highest BCUT2D eigenvalue weighted by Crippen LogP contribution is 2.28. The van der Waals surface area contributed by atoms with Crippen LogP contribution >= 0.6 is 23.2 Å². The van der Waals surface area contributed by atoms with Gasteiger partial charge in [0.2, 0.25) is 5.82 Å². The fourth-order valence-electron chi connectivity index (χ4n) is 2.63. The van der Waals surface area contributed by atoms with Gasteiger partial charge in [-0.15, -0.1) is 5.10 Å². The van der Waals surface area contributed by atoms with E-state index in [4.69, 9.17) is 23.2 Å². The summed E-state index contributed by atoms with van der Waals surface area (Å²) in [6.07, 6.45) is 0.492. The zero-order chi connectivity index (χ0) is 20.3. The number of hydrogen-bond acceptors (Lipinski definition) is 5. The van der Waals surface area contributed by atoms with E-state index in [2.05, 4.69) is 15.4 Å². The highest BCUT2D eigenvalue weighted by Gasteiger charge is 2.20. The standard InChI is InChI=1S/C18H15Cl2N5O3/c1-2-15-22-17(23-24(15)16-12(19)7-5-8-13(16)20)18(26)21-10-11-6-3-4-9-14(11)25(27)28/h3-9H,2,10H2,1H3,(H,21,26). The Balaban J connectivity index is 1.86. The molecule has 0 aliphatic rings. The normalized spacial score (nSPS) is 10.7. The summed E-state index contributed by atoms with van der Waals surface area (Å²) in [6, 6.07) is 11.2. The molecule has 2 aromatic carbocycles. The smallest absolute Gasteiger partial charge is 0.291 e. The topological polar surface area (TPSA) is 103 Å². The molecule has 0 spiro atoms. The quantitative estimate of drug-likeness (QED) is 0.480. The van der Waals surface area contributed by atoms with Crippen molar-refractivity contribution in [1.82, 2.24) is 20.1 Å². The lowest BCUT2D eigenvalue weighted by atomic mass is 10.2. The zero-order valence-corrected chi connectivity index (χ0v) is 16.2. The lowest BCUT2D eigenvalue weighted by Crippen LogP contribution is -2.24. The Labute approximate surface area is 170 Å². The predicted octanol–water partition coefficient (Wildman–Crippen LogP) is 3.97. The van der Waals surface area contributed by atoms with E-state index >= 15 is 0 Å². The number of amides is 1. The molecule has 0 aliphatic heterocycles. The minimum absolute atomic E-state index is 0.0289. The van der Waals surface area contributed by atoms with Crippen LogP contribution in [0.25, 0.3) is 5.69 Å². The number of nitro groups is 1. The molecule has 3 aromatic rings. The van der Waals surface area contributed by atoms with E-state index in [1.807, 2.05) is 6.92 Å². The first-order valence-corrected chi connectivity index (χ1v) is 9.08. The highest BCUT2D eigenvalue weighted by atomic mass is 35.5. The Kier molecular flexibility index (Phi) is 5.91. The molecule has 0 saturated heterocycles. The minimum Gasteiger partial charge on any atom is -0.345 e. The van der Waals surface area contributed by atoms with Crippen molar-refractivity contribution in [1.29, 1.82) is 0 Å². The molecule has 1 amide bonds. The molecule has 0 aliphatic carbocycles. The number of nitro benzene ring substituents is 1. The van der Waals surface area contributed by atoms with Crippen LogP contribution in [0.5, 0.6) is 0 Å². The SMILES string of the molecule is CCc1nc(C(=O)NCc2ccccc2[N+](=O)[O-])nn1-c1c(Cl)cccc1Cl. The van der Waals surface area contributed by atoms with Crippen molar-refractivity contribution in [2.75, 3.05) is 0 Å². The number of aromatic nitrogens is 3. The summed E-state index contributed by atoms with van der Waals surface area (Å²) < 4.78 is 1.44. The van der Waals surface area contributed by atoms with E-state index in [-0.39, 0.29) is 18.1 Å². The van der Waals surface area contributed by atoms with Crippen molar-refractivity contribution in [2.24, 2.45) is 0 Å². The summed E-state index contributed by atoms with van der Waals surface area (Å²) in [6.45, 7) is 1.83. The van der Waals surface area contributed by atoms with E-state index in [0.717, 1.165) is 0 Å². The molecule has 1 heterocycles. The number of hydrogen-bond donors (Lipinski definition) is 1. The maximum atomic E-state index is 12.5. The molecule has 1 N–H and O–H groups in total.